The second-order valence-corrected chi connectivity index (χ2v) is 2.92. The first kappa shape index (κ1) is 7.35. The van der Waals surface area contributed by atoms with Crippen LogP contribution < -0.4 is 0 Å². The zero-order chi connectivity index (χ0) is 8.39. The molecular weight excluding hydrogens is 174 g/mol. The summed E-state index contributed by atoms with van der Waals surface area (Å²) in [5.74, 6) is 0.852. The van der Waals surface area contributed by atoms with Crippen LogP contribution >= 0.6 is 11.5 Å². The Labute approximate surface area is 73.3 Å². The van der Waals surface area contributed by atoms with Crippen molar-refractivity contribution < 1.29 is 0 Å². The predicted octanol–water partition coefficient (Wildman–Crippen LogP) is 0.681. The smallest absolute Gasteiger partial charge is 0.223 e. The van der Waals surface area contributed by atoms with Gasteiger partial charge in [-0.1, -0.05) is 6.92 Å². The molecule has 2 heterocycles. The summed E-state index contributed by atoms with van der Waals surface area (Å²) in [7, 11) is 0. The van der Waals surface area contributed by atoms with Gasteiger partial charge in [0, 0.05) is 18.0 Å². The van der Waals surface area contributed by atoms with E-state index in [-0.39, 0.29) is 0 Å². The van der Waals surface area contributed by atoms with Crippen molar-refractivity contribution in [2.75, 3.05) is 0 Å². The van der Waals surface area contributed by atoms with Gasteiger partial charge in [-0.25, -0.2) is 9.97 Å². The van der Waals surface area contributed by atoms with E-state index in [0.717, 1.165) is 17.4 Å². The lowest BCUT2D eigenvalue weighted by molar-refractivity contribution is 0.853. The van der Waals surface area contributed by atoms with Gasteiger partial charge in [0.15, 0.2) is 0 Å². The molecule has 0 radical (unpaired) electrons. The number of hydrogen-bond acceptors (Lipinski definition) is 5. The molecule has 0 N–H and O–H groups in total. The molecule has 2 rings (SSSR count). The molecule has 0 unspecified atom stereocenters. The summed E-state index contributed by atoms with van der Waals surface area (Å²) in [5.41, 5.74) is 0. The second kappa shape index (κ2) is 2.98. The average Bonchev–Trinajstić information content (AvgIpc) is 2.75. The van der Waals surface area contributed by atoms with Crippen LogP contribution in [0.5, 0.6) is 0 Å². The number of nitrogens with zero attached hydrogens (tertiary/aromatic N) is 5. The van der Waals surface area contributed by atoms with Gasteiger partial charge in [0.05, 0.1) is 0 Å². The highest BCUT2D eigenvalue weighted by atomic mass is 32.1. The van der Waals surface area contributed by atoms with Crippen molar-refractivity contribution >= 4 is 11.5 Å². The number of aromatic nitrogens is 5. The number of rotatable bonds is 2. The van der Waals surface area contributed by atoms with Gasteiger partial charge in [-0.2, -0.15) is 14.2 Å². The molecule has 2 aromatic rings. The van der Waals surface area contributed by atoms with Crippen LogP contribution in [0.15, 0.2) is 12.7 Å². The monoisotopic (exact) mass is 181 g/mol. The van der Waals surface area contributed by atoms with Gasteiger partial charge in [-0.05, 0) is 0 Å². The molecule has 0 atom stereocenters. The van der Waals surface area contributed by atoms with E-state index in [2.05, 4.69) is 19.4 Å². The SMILES string of the molecule is CCc1nsc(-n2cncn2)n1. The molecule has 12 heavy (non-hydrogen) atoms. The molecule has 62 valence electrons. The van der Waals surface area contributed by atoms with Crippen molar-refractivity contribution in [3.8, 4) is 5.13 Å². The van der Waals surface area contributed by atoms with Crippen LogP contribution in [-0.4, -0.2) is 24.1 Å². The van der Waals surface area contributed by atoms with Gasteiger partial charge in [0.2, 0.25) is 5.13 Å². The van der Waals surface area contributed by atoms with Crippen LogP contribution in [0.3, 0.4) is 0 Å². The first-order chi connectivity index (χ1) is 5.90. The topological polar surface area (TPSA) is 56.5 Å². The average molecular weight is 181 g/mol. The third-order valence-electron chi connectivity index (χ3n) is 1.39. The fourth-order valence-electron chi connectivity index (χ4n) is 0.788. The molecule has 0 amide bonds. The van der Waals surface area contributed by atoms with E-state index in [1.54, 1.807) is 11.0 Å². The summed E-state index contributed by atoms with van der Waals surface area (Å²) in [6, 6.07) is 0. The molecule has 0 fully saturated rings. The first-order valence-electron chi connectivity index (χ1n) is 3.57. The lowest BCUT2D eigenvalue weighted by atomic mass is 10.5. The molecule has 0 aliphatic heterocycles. The van der Waals surface area contributed by atoms with Gasteiger partial charge >= 0.3 is 0 Å². The second-order valence-electron chi connectivity index (χ2n) is 2.19. The first-order valence-corrected chi connectivity index (χ1v) is 4.35. The molecule has 0 saturated heterocycles. The van der Waals surface area contributed by atoms with Crippen molar-refractivity contribution in [1.82, 2.24) is 24.1 Å². The minimum absolute atomic E-state index is 0.768. The highest BCUT2D eigenvalue weighted by molar-refractivity contribution is 7.08. The van der Waals surface area contributed by atoms with Gasteiger partial charge in [0.1, 0.15) is 18.5 Å². The summed E-state index contributed by atoms with van der Waals surface area (Å²) in [6.45, 7) is 2.02. The largest absolute Gasteiger partial charge is 0.231 e. The Morgan fingerprint density at radius 3 is 3.08 bits per heavy atom. The summed E-state index contributed by atoms with van der Waals surface area (Å²) in [5, 5.41) is 4.72. The molecular formula is C6H7N5S. The van der Waals surface area contributed by atoms with E-state index in [0.29, 0.717) is 0 Å². The van der Waals surface area contributed by atoms with Crippen molar-refractivity contribution in [3.63, 3.8) is 0 Å². The quantitative estimate of drug-likeness (QED) is 0.683. The van der Waals surface area contributed by atoms with E-state index in [9.17, 15) is 0 Å². The molecule has 0 aliphatic rings. The van der Waals surface area contributed by atoms with Crippen LogP contribution in [0.25, 0.3) is 5.13 Å². The highest BCUT2D eigenvalue weighted by Gasteiger charge is 2.03. The fraction of sp³-hybridized carbons (Fsp3) is 0.333. The molecule has 2 aromatic heterocycles. The highest BCUT2D eigenvalue weighted by Crippen LogP contribution is 2.08. The van der Waals surface area contributed by atoms with Crippen LogP contribution in [0.4, 0.5) is 0 Å². The molecule has 6 heteroatoms. The number of hydrogen-bond donors (Lipinski definition) is 0. The van der Waals surface area contributed by atoms with Crippen LogP contribution in [0.2, 0.25) is 0 Å². The minimum Gasteiger partial charge on any atom is -0.223 e. The normalized spacial score (nSPS) is 10.4. The van der Waals surface area contributed by atoms with Crippen LogP contribution in [0.1, 0.15) is 12.7 Å². The van der Waals surface area contributed by atoms with Gasteiger partial charge in [0.25, 0.3) is 0 Å². The summed E-state index contributed by atoms with van der Waals surface area (Å²) < 4.78 is 5.74. The van der Waals surface area contributed by atoms with Crippen LogP contribution in [0, 0.1) is 0 Å². The molecule has 0 bridgehead atoms. The van der Waals surface area contributed by atoms with E-state index in [4.69, 9.17) is 0 Å². The Bertz CT molecular complexity index is 352. The molecule has 0 saturated carbocycles. The van der Waals surface area contributed by atoms with Gasteiger partial charge in [-0.3, -0.25) is 0 Å². The molecule has 0 spiro atoms. The summed E-state index contributed by atoms with van der Waals surface area (Å²) >= 11 is 1.33. The lowest BCUT2D eigenvalue weighted by Gasteiger charge is -1.88. The van der Waals surface area contributed by atoms with Gasteiger partial charge in [-0.15, -0.1) is 0 Å². The van der Waals surface area contributed by atoms with Crippen molar-refractivity contribution in [2.24, 2.45) is 0 Å². The van der Waals surface area contributed by atoms with E-state index < -0.39 is 0 Å². The van der Waals surface area contributed by atoms with E-state index in [1.165, 1.54) is 17.9 Å². The maximum absolute atomic E-state index is 4.24. The third-order valence-corrected chi connectivity index (χ3v) is 2.13. The molecule has 5 nitrogen and oxygen atoms in total. The van der Waals surface area contributed by atoms with E-state index in [1.807, 2.05) is 6.92 Å². The Morgan fingerprint density at radius 1 is 1.58 bits per heavy atom. The maximum atomic E-state index is 4.24. The molecule has 0 aromatic carbocycles. The lowest BCUT2D eigenvalue weighted by Crippen LogP contribution is -1.93. The third kappa shape index (κ3) is 1.20. The zero-order valence-electron chi connectivity index (χ0n) is 6.51. The van der Waals surface area contributed by atoms with Crippen molar-refractivity contribution in [3.05, 3.63) is 18.5 Å². The van der Waals surface area contributed by atoms with E-state index >= 15 is 0 Å². The summed E-state index contributed by atoms with van der Waals surface area (Å²) in [4.78, 5) is 8.06. The Morgan fingerprint density at radius 2 is 2.50 bits per heavy atom. The van der Waals surface area contributed by atoms with Crippen molar-refractivity contribution in [2.45, 2.75) is 13.3 Å². The fourth-order valence-corrected chi connectivity index (χ4v) is 1.47. The zero-order valence-corrected chi connectivity index (χ0v) is 7.32. The predicted molar refractivity (Wildman–Crippen MR) is 44.2 cm³/mol. The van der Waals surface area contributed by atoms with Crippen molar-refractivity contribution in [1.29, 1.82) is 0 Å². The minimum atomic E-state index is 0.768. The Hall–Kier alpha value is -1.30. The Kier molecular flexibility index (Phi) is 1.83. The molecule has 0 aliphatic carbocycles. The standard InChI is InChI=1S/C6H7N5S/c1-2-5-9-6(12-10-5)11-4-7-3-8-11/h3-4H,2H2,1H3. The van der Waals surface area contributed by atoms with Crippen LogP contribution in [-0.2, 0) is 6.42 Å². The van der Waals surface area contributed by atoms with Gasteiger partial charge < -0.3 is 0 Å². The summed E-state index contributed by atoms with van der Waals surface area (Å²) in [6.07, 6.45) is 3.94. The maximum Gasteiger partial charge on any atom is 0.231 e. The number of aryl methyl sites for hydroxylation is 1. The Balaban J connectivity index is 2.35.